The second kappa shape index (κ2) is 7.59. The molecule has 1 aromatic carbocycles. The number of amides is 1. The molecular formula is C22H34BNO3. The molecule has 0 spiro atoms. The Balaban J connectivity index is 1.78. The van der Waals surface area contributed by atoms with Crippen LogP contribution in [0.2, 0.25) is 0 Å². The fraction of sp³-hybridized carbons (Fsp3) is 0.682. The number of rotatable bonds is 4. The first kappa shape index (κ1) is 20.4. The van der Waals surface area contributed by atoms with Crippen molar-refractivity contribution < 1.29 is 14.1 Å². The van der Waals surface area contributed by atoms with E-state index in [0.29, 0.717) is 24.8 Å². The van der Waals surface area contributed by atoms with E-state index in [1.54, 1.807) is 0 Å². The van der Waals surface area contributed by atoms with Crippen LogP contribution < -0.4 is 5.46 Å². The zero-order valence-corrected chi connectivity index (χ0v) is 17.7. The molecule has 2 aliphatic rings. The van der Waals surface area contributed by atoms with Crippen molar-refractivity contribution in [3.05, 3.63) is 29.8 Å². The summed E-state index contributed by atoms with van der Waals surface area (Å²) in [5.41, 5.74) is 1.42. The maximum Gasteiger partial charge on any atom is 0.495 e. The number of hydrogen-bond acceptors (Lipinski definition) is 3. The van der Waals surface area contributed by atoms with Gasteiger partial charge in [-0.1, -0.05) is 38.1 Å². The Hall–Kier alpha value is -1.33. The highest BCUT2D eigenvalue weighted by molar-refractivity contribution is 6.62. The van der Waals surface area contributed by atoms with E-state index in [9.17, 15) is 4.79 Å². The van der Waals surface area contributed by atoms with Crippen molar-refractivity contribution in [2.75, 3.05) is 6.54 Å². The lowest BCUT2D eigenvalue weighted by Crippen LogP contribution is -2.41. The lowest BCUT2D eigenvalue weighted by Gasteiger charge is -2.32. The van der Waals surface area contributed by atoms with Crippen LogP contribution in [0.3, 0.4) is 0 Å². The van der Waals surface area contributed by atoms with Gasteiger partial charge in [0.25, 0.3) is 0 Å². The summed E-state index contributed by atoms with van der Waals surface area (Å²) in [7, 11) is -0.392. The molecule has 0 bridgehead atoms. The summed E-state index contributed by atoms with van der Waals surface area (Å²) in [4.78, 5) is 14.7. The van der Waals surface area contributed by atoms with Gasteiger partial charge in [-0.15, -0.1) is 0 Å². The van der Waals surface area contributed by atoms with E-state index < -0.39 is 7.12 Å². The number of nitrogens with zero attached hydrogens (tertiary/aromatic N) is 1. The van der Waals surface area contributed by atoms with E-state index in [1.165, 1.54) is 0 Å². The van der Waals surface area contributed by atoms with E-state index in [-0.39, 0.29) is 17.1 Å². The normalized spacial score (nSPS) is 25.1. The molecule has 5 heteroatoms. The summed E-state index contributed by atoms with van der Waals surface area (Å²) in [5, 5.41) is 0. The van der Waals surface area contributed by atoms with Gasteiger partial charge in [0.1, 0.15) is 0 Å². The van der Waals surface area contributed by atoms with Gasteiger partial charge in [0, 0.05) is 19.5 Å². The zero-order valence-electron chi connectivity index (χ0n) is 17.7. The predicted octanol–water partition coefficient (Wildman–Crippen LogP) is 3.77. The van der Waals surface area contributed by atoms with Crippen LogP contribution in [0.4, 0.5) is 0 Å². The van der Waals surface area contributed by atoms with E-state index in [1.807, 2.05) is 17.0 Å². The van der Waals surface area contributed by atoms with Crippen LogP contribution in [-0.4, -0.2) is 35.7 Å². The quantitative estimate of drug-likeness (QED) is 0.757. The van der Waals surface area contributed by atoms with Gasteiger partial charge in [-0.25, -0.2) is 0 Å². The molecule has 1 atom stereocenters. The van der Waals surface area contributed by atoms with Crippen LogP contribution in [0.1, 0.15) is 66.4 Å². The molecule has 0 saturated carbocycles. The van der Waals surface area contributed by atoms with Crippen molar-refractivity contribution in [2.45, 2.75) is 78.6 Å². The first-order valence-electron chi connectivity index (χ1n) is 10.3. The van der Waals surface area contributed by atoms with Crippen LogP contribution in [0.5, 0.6) is 0 Å². The molecule has 2 saturated heterocycles. The molecule has 0 radical (unpaired) electrons. The molecule has 27 heavy (non-hydrogen) atoms. The van der Waals surface area contributed by atoms with E-state index in [4.69, 9.17) is 9.31 Å². The van der Waals surface area contributed by atoms with E-state index in [2.05, 4.69) is 53.7 Å². The summed E-state index contributed by atoms with van der Waals surface area (Å²) in [6.45, 7) is 14.3. The maximum absolute atomic E-state index is 12.7. The van der Waals surface area contributed by atoms with Crippen LogP contribution in [0.25, 0.3) is 0 Å². The molecule has 2 heterocycles. The number of likely N-dealkylation sites (tertiary alicyclic amines) is 1. The molecule has 2 aliphatic heterocycles. The second-order valence-electron chi connectivity index (χ2n) is 9.43. The summed E-state index contributed by atoms with van der Waals surface area (Å²) in [6, 6.07) is 8.21. The van der Waals surface area contributed by atoms with Gasteiger partial charge in [0.05, 0.1) is 11.2 Å². The number of carbonyl (C=O) groups excluding carboxylic acids is 1. The molecule has 0 aliphatic carbocycles. The van der Waals surface area contributed by atoms with Gasteiger partial charge in [-0.3, -0.25) is 4.79 Å². The first-order chi connectivity index (χ1) is 12.6. The summed E-state index contributed by atoms with van der Waals surface area (Å²) < 4.78 is 12.5. The molecule has 0 N–H and O–H groups in total. The number of benzene rings is 1. The molecule has 148 valence electrons. The van der Waals surface area contributed by atoms with Gasteiger partial charge in [-0.2, -0.15) is 0 Å². The number of carbonyl (C=O) groups is 1. The molecule has 0 aromatic heterocycles. The van der Waals surface area contributed by atoms with Gasteiger partial charge < -0.3 is 14.2 Å². The Morgan fingerprint density at radius 3 is 2.37 bits per heavy atom. The van der Waals surface area contributed by atoms with Crippen LogP contribution in [0.15, 0.2) is 24.3 Å². The Morgan fingerprint density at radius 2 is 1.74 bits per heavy atom. The standard InChI is InChI=1S/C22H34BNO3/c1-16(2)17-11-12-20(25)24(14-13-17)15-18-9-7-8-10-19(18)23-26-21(3,4)22(5,6)27-23/h7-10,16-17H,11-15H2,1-6H3. The fourth-order valence-electron chi connectivity index (χ4n) is 3.98. The average Bonchev–Trinajstić information content (AvgIpc) is 2.71. The molecule has 1 amide bonds. The van der Waals surface area contributed by atoms with Crippen LogP contribution >= 0.6 is 0 Å². The summed E-state index contributed by atoms with van der Waals surface area (Å²) in [5.74, 6) is 1.54. The Labute approximate surface area is 164 Å². The summed E-state index contributed by atoms with van der Waals surface area (Å²) >= 11 is 0. The molecule has 1 aromatic rings. The Morgan fingerprint density at radius 1 is 1.11 bits per heavy atom. The smallest absolute Gasteiger partial charge is 0.399 e. The highest BCUT2D eigenvalue weighted by Crippen LogP contribution is 2.36. The third-order valence-electron chi connectivity index (χ3n) is 6.72. The topological polar surface area (TPSA) is 38.8 Å². The second-order valence-corrected chi connectivity index (χ2v) is 9.43. The van der Waals surface area contributed by atoms with Gasteiger partial charge in [0.2, 0.25) is 5.91 Å². The largest absolute Gasteiger partial charge is 0.495 e. The summed E-state index contributed by atoms with van der Waals surface area (Å²) in [6.07, 6.45) is 2.75. The minimum atomic E-state index is -0.392. The van der Waals surface area contributed by atoms with Crippen molar-refractivity contribution in [3.63, 3.8) is 0 Å². The minimum absolute atomic E-state index is 0.266. The van der Waals surface area contributed by atoms with Crippen molar-refractivity contribution >= 4 is 18.5 Å². The molecule has 4 nitrogen and oxygen atoms in total. The molecule has 3 rings (SSSR count). The van der Waals surface area contributed by atoms with Crippen LogP contribution in [0, 0.1) is 11.8 Å². The van der Waals surface area contributed by atoms with Crippen molar-refractivity contribution in [1.82, 2.24) is 4.90 Å². The van der Waals surface area contributed by atoms with E-state index >= 15 is 0 Å². The van der Waals surface area contributed by atoms with Gasteiger partial charge in [-0.05, 0) is 63.4 Å². The lowest BCUT2D eigenvalue weighted by atomic mass is 9.76. The minimum Gasteiger partial charge on any atom is -0.399 e. The third-order valence-corrected chi connectivity index (χ3v) is 6.72. The Kier molecular flexibility index (Phi) is 5.74. The van der Waals surface area contributed by atoms with Crippen molar-refractivity contribution in [2.24, 2.45) is 11.8 Å². The SMILES string of the molecule is CC(C)C1CCC(=O)N(Cc2ccccc2B2OC(C)(C)C(C)(C)O2)CC1. The van der Waals surface area contributed by atoms with Crippen molar-refractivity contribution in [1.29, 1.82) is 0 Å². The third kappa shape index (κ3) is 4.24. The zero-order chi connectivity index (χ0) is 19.8. The first-order valence-corrected chi connectivity index (χ1v) is 10.3. The Bertz CT molecular complexity index is 670. The lowest BCUT2D eigenvalue weighted by molar-refractivity contribution is -0.131. The van der Waals surface area contributed by atoms with E-state index in [0.717, 1.165) is 30.4 Å². The molecule has 2 fully saturated rings. The molecular weight excluding hydrogens is 337 g/mol. The predicted molar refractivity (Wildman–Crippen MR) is 110 cm³/mol. The monoisotopic (exact) mass is 371 g/mol. The molecule has 1 unspecified atom stereocenters. The van der Waals surface area contributed by atoms with Crippen molar-refractivity contribution in [3.8, 4) is 0 Å². The average molecular weight is 371 g/mol. The van der Waals surface area contributed by atoms with Gasteiger partial charge in [0.15, 0.2) is 0 Å². The van der Waals surface area contributed by atoms with Gasteiger partial charge >= 0.3 is 7.12 Å². The van der Waals surface area contributed by atoms with Crippen LogP contribution in [-0.2, 0) is 20.6 Å². The highest BCUT2D eigenvalue weighted by Gasteiger charge is 2.52. The maximum atomic E-state index is 12.7. The highest BCUT2D eigenvalue weighted by atomic mass is 16.7. The number of hydrogen-bond donors (Lipinski definition) is 0. The fourth-order valence-corrected chi connectivity index (χ4v) is 3.98.